The van der Waals surface area contributed by atoms with Crippen LogP contribution in [0.3, 0.4) is 0 Å². The number of anilines is 1. The van der Waals surface area contributed by atoms with Gasteiger partial charge in [0, 0.05) is 26.1 Å². The molecule has 0 aliphatic heterocycles. The molecular formula is C19H20Br2N6O4S. The van der Waals surface area contributed by atoms with Crippen LogP contribution in [-0.4, -0.2) is 48.1 Å². The van der Waals surface area contributed by atoms with Gasteiger partial charge >= 0.3 is 6.01 Å². The highest BCUT2D eigenvalue weighted by molar-refractivity contribution is 9.10. The molecule has 0 saturated carbocycles. The van der Waals surface area contributed by atoms with Gasteiger partial charge in [0.15, 0.2) is 5.82 Å². The third-order valence-electron chi connectivity index (χ3n) is 3.61. The summed E-state index contributed by atoms with van der Waals surface area (Å²) in [4.78, 5) is 15.8. The van der Waals surface area contributed by atoms with Gasteiger partial charge in [-0.25, -0.2) is 19.9 Å². The predicted molar refractivity (Wildman–Crippen MR) is 127 cm³/mol. The summed E-state index contributed by atoms with van der Waals surface area (Å²) < 4.78 is 72.2. The molecule has 0 fully saturated rings. The molecule has 2 N–H and O–H groups in total. The Morgan fingerprint density at radius 2 is 1.72 bits per heavy atom. The normalized spacial score (nSPS) is 13.5. The van der Waals surface area contributed by atoms with Crippen LogP contribution in [0.25, 0.3) is 11.1 Å². The number of rotatable bonds is 11. The van der Waals surface area contributed by atoms with Crippen molar-refractivity contribution in [3.8, 4) is 23.0 Å². The van der Waals surface area contributed by atoms with Crippen molar-refractivity contribution in [2.75, 3.05) is 24.4 Å². The molecule has 2 heterocycles. The summed E-state index contributed by atoms with van der Waals surface area (Å²) in [6.07, 6.45) is 0.618. The largest absolute Gasteiger partial charge is 0.473 e. The fraction of sp³-hybridized carbons (Fsp3) is 0.263. The molecular weight excluding hydrogens is 568 g/mol. The topological polar surface area (TPSA) is 128 Å². The number of halogens is 2. The van der Waals surface area contributed by atoms with Crippen LogP contribution < -0.4 is 18.9 Å². The predicted octanol–water partition coefficient (Wildman–Crippen LogP) is 3.57. The lowest BCUT2D eigenvalue weighted by atomic mass is 10.1. The van der Waals surface area contributed by atoms with Crippen LogP contribution in [-0.2, 0) is 10.2 Å². The summed E-state index contributed by atoms with van der Waals surface area (Å²) in [6, 6.07) is 6.71. The van der Waals surface area contributed by atoms with Gasteiger partial charge in [0.05, 0.1) is 12.8 Å². The van der Waals surface area contributed by atoms with Crippen LogP contribution in [0.1, 0.15) is 18.8 Å². The van der Waals surface area contributed by atoms with E-state index < -0.39 is 16.7 Å². The van der Waals surface area contributed by atoms with E-state index in [1.54, 1.807) is 24.3 Å². The molecule has 0 aliphatic rings. The molecule has 2 aromatic heterocycles. The van der Waals surface area contributed by atoms with Crippen LogP contribution in [0.15, 0.2) is 51.9 Å². The first-order valence-electron chi connectivity index (χ1n) is 11.1. The monoisotopic (exact) mass is 590 g/mol. The van der Waals surface area contributed by atoms with Crippen LogP contribution >= 0.6 is 31.9 Å². The molecule has 32 heavy (non-hydrogen) atoms. The number of nitrogens with zero attached hydrogens (tertiary/aromatic N) is 4. The Morgan fingerprint density at radius 3 is 2.41 bits per heavy atom. The average molecular weight is 592 g/mol. The highest BCUT2D eigenvalue weighted by Gasteiger charge is 2.19. The van der Waals surface area contributed by atoms with Crippen molar-refractivity contribution in [3.05, 3.63) is 51.9 Å². The van der Waals surface area contributed by atoms with E-state index in [0.29, 0.717) is 5.56 Å². The maximum atomic E-state index is 12.6. The van der Waals surface area contributed by atoms with E-state index in [0.717, 1.165) is 10.8 Å². The Hall–Kier alpha value is -2.35. The highest BCUT2D eigenvalue weighted by atomic mass is 79.9. The number of benzene rings is 1. The zero-order chi connectivity index (χ0) is 26.5. The maximum absolute atomic E-state index is 12.6. The molecule has 10 nitrogen and oxygen atoms in total. The van der Waals surface area contributed by atoms with Crippen molar-refractivity contribution in [1.82, 2.24) is 24.7 Å². The van der Waals surface area contributed by atoms with E-state index >= 15 is 0 Å². The quantitative estimate of drug-likeness (QED) is 0.324. The van der Waals surface area contributed by atoms with Crippen molar-refractivity contribution in [2.45, 2.75) is 13.3 Å². The molecule has 0 atom stereocenters. The minimum absolute atomic E-state index is 0.0335. The Labute approximate surface area is 208 Å². The van der Waals surface area contributed by atoms with Gasteiger partial charge in [0.1, 0.15) is 19.5 Å². The second-order valence-electron chi connectivity index (χ2n) is 5.89. The van der Waals surface area contributed by atoms with Gasteiger partial charge in [-0.3, -0.25) is 4.72 Å². The maximum Gasteiger partial charge on any atom is 0.316 e. The molecule has 0 unspecified atom stereocenters. The number of aromatic nitrogens is 4. The zero-order valence-electron chi connectivity index (χ0n) is 20.6. The number of hydrogen-bond donors (Lipinski definition) is 2. The number of nitrogens with one attached hydrogen (secondary N) is 2. The van der Waals surface area contributed by atoms with Gasteiger partial charge in [-0.05, 0) is 40.0 Å². The summed E-state index contributed by atoms with van der Waals surface area (Å²) in [5.74, 6) is -0.0946. The fourth-order valence-electron chi connectivity index (χ4n) is 2.33. The average Bonchev–Trinajstić information content (AvgIpc) is 2.80. The number of hydrogen-bond acceptors (Lipinski definition) is 8. The minimum Gasteiger partial charge on any atom is -0.473 e. The first-order chi connectivity index (χ1) is 16.9. The van der Waals surface area contributed by atoms with E-state index in [-0.39, 0.29) is 59.7 Å². The Bertz CT molecular complexity index is 1310. The second kappa shape index (κ2) is 11.5. The fourth-order valence-corrected chi connectivity index (χ4v) is 3.57. The zero-order valence-corrected chi connectivity index (χ0v) is 20.6. The summed E-state index contributed by atoms with van der Waals surface area (Å²) in [6.45, 7) is -0.795. The lowest BCUT2D eigenvalue weighted by Crippen LogP contribution is -2.31. The molecule has 0 radical (unpaired) electrons. The highest BCUT2D eigenvalue weighted by Crippen LogP contribution is 2.34. The van der Waals surface area contributed by atoms with Crippen LogP contribution in [0.5, 0.6) is 11.9 Å². The molecule has 0 spiro atoms. The Kier molecular flexibility index (Phi) is 6.88. The van der Waals surface area contributed by atoms with Crippen molar-refractivity contribution < 1.29 is 23.4 Å². The first-order valence-corrected chi connectivity index (χ1v) is 12.2. The lowest BCUT2D eigenvalue weighted by molar-refractivity contribution is 0.202. The van der Waals surface area contributed by atoms with Crippen molar-refractivity contribution in [2.24, 2.45) is 0 Å². The number of ether oxygens (including phenoxy) is 2. The van der Waals surface area contributed by atoms with Crippen LogP contribution in [0.2, 0.25) is 0 Å². The summed E-state index contributed by atoms with van der Waals surface area (Å²) in [5.41, 5.74) is 0.745. The van der Waals surface area contributed by atoms with E-state index in [9.17, 15) is 8.42 Å². The summed E-state index contributed by atoms with van der Waals surface area (Å²) >= 11 is 6.39. The Morgan fingerprint density at radius 1 is 1.03 bits per heavy atom. The van der Waals surface area contributed by atoms with Gasteiger partial charge in [-0.2, -0.15) is 13.1 Å². The van der Waals surface area contributed by atoms with Gasteiger partial charge in [-0.15, -0.1) is 0 Å². The Balaban J connectivity index is 1.84. The molecule has 3 aromatic rings. The molecule has 0 aliphatic carbocycles. The standard InChI is InChI=1S/C19H20Br2N6O4S/c1-2-7-26-32(28,29)27-17-16(13-3-5-14(20)6-4-13)18(25-12-24-17)30-8-9-31-19-22-10-15(21)11-23-19/h3-6,10-12,26H,2,7-9H2,1H3,(H,24,25,27)/i7D2,10D,11D. The van der Waals surface area contributed by atoms with Gasteiger partial charge in [-0.1, -0.05) is 35.0 Å². The lowest BCUT2D eigenvalue weighted by Gasteiger charge is -2.15. The van der Waals surface area contributed by atoms with E-state index in [1.807, 2.05) is 4.72 Å². The van der Waals surface area contributed by atoms with Crippen LogP contribution in [0.4, 0.5) is 5.82 Å². The second-order valence-corrected chi connectivity index (χ2v) is 9.01. The van der Waals surface area contributed by atoms with Crippen LogP contribution in [0, 0.1) is 0 Å². The van der Waals surface area contributed by atoms with Crippen molar-refractivity contribution >= 4 is 47.9 Å². The SMILES string of the molecule is [2H]c1nc(OCCOc2ncnc(NS(=O)(=O)NC([2H])([2H])CC)c2-c2ccc(Br)cc2)nc([2H])c1Br. The summed E-state index contributed by atoms with van der Waals surface area (Å²) in [7, 11) is -4.34. The van der Waals surface area contributed by atoms with Gasteiger partial charge < -0.3 is 9.47 Å². The summed E-state index contributed by atoms with van der Waals surface area (Å²) in [5, 5.41) is 0. The first kappa shape index (κ1) is 19.1. The minimum atomic E-state index is -4.34. The molecule has 170 valence electrons. The molecule has 0 bridgehead atoms. The van der Waals surface area contributed by atoms with Gasteiger partial charge in [0.25, 0.3) is 10.2 Å². The van der Waals surface area contributed by atoms with E-state index in [1.165, 1.54) is 6.92 Å². The third-order valence-corrected chi connectivity index (χ3v) is 5.37. The third kappa shape index (κ3) is 7.08. The van der Waals surface area contributed by atoms with Crippen molar-refractivity contribution in [1.29, 1.82) is 0 Å². The van der Waals surface area contributed by atoms with E-state index in [2.05, 4.69) is 56.5 Å². The smallest absolute Gasteiger partial charge is 0.316 e. The van der Waals surface area contributed by atoms with E-state index in [4.69, 9.17) is 15.0 Å². The molecule has 13 heteroatoms. The molecule has 3 rings (SSSR count). The van der Waals surface area contributed by atoms with Crippen molar-refractivity contribution in [3.63, 3.8) is 0 Å². The molecule has 0 saturated heterocycles. The molecule has 1 aromatic carbocycles. The van der Waals surface area contributed by atoms with Gasteiger partial charge in [0.2, 0.25) is 5.88 Å². The molecule has 0 amide bonds.